The Morgan fingerprint density at radius 1 is 0.842 bits per heavy atom. The number of hydrogen-bond donors (Lipinski definition) is 1. The van der Waals surface area contributed by atoms with E-state index in [1.807, 2.05) is 0 Å². The van der Waals surface area contributed by atoms with E-state index >= 15 is 0 Å². The van der Waals surface area contributed by atoms with Gasteiger partial charge in [-0.25, -0.2) is 14.4 Å². The minimum atomic E-state index is -2.44. The Bertz CT molecular complexity index is 305. The van der Waals surface area contributed by atoms with Crippen molar-refractivity contribution in [1.82, 2.24) is 0 Å². The Kier molecular flexibility index (Phi) is 7.04. The normalized spacial score (nSPS) is 10.1. The van der Waals surface area contributed by atoms with Crippen LogP contribution in [0.5, 0.6) is 0 Å². The van der Waals surface area contributed by atoms with Crippen molar-refractivity contribution in [2.24, 2.45) is 0 Å². The molecule has 0 aliphatic heterocycles. The summed E-state index contributed by atoms with van der Waals surface area (Å²) in [7, 11) is 3.06. The first-order valence-corrected chi connectivity index (χ1v) is 4.77. The Morgan fingerprint density at radius 2 is 1.21 bits per heavy atom. The number of aliphatic hydroxyl groups is 1. The molecular formula is C9H14O10. The summed E-state index contributed by atoms with van der Waals surface area (Å²) in [4.78, 5) is 32.4. The Balaban J connectivity index is 4.56. The predicted octanol–water partition coefficient (Wildman–Crippen LogP) is 0.0240. The largest absolute Gasteiger partial charge is 0.510 e. The van der Waals surface area contributed by atoms with Gasteiger partial charge in [0.25, 0.3) is 5.79 Å². The van der Waals surface area contributed by atoms with E-state index in [1.165, 1.54) is 0 Å². The SMILES string of the molecule is COC(=O)OCC(O)(COC(=O)OC)OC(=O)OC. The Hall–Kier alpha value is -2.23. The lowest BCUT2D eigenvalue weighted by Crippen LogP contribution is -2.45. The van der Waals surface area contributed by atoms with Gasteiger partial charge in [0.15, 0.2) is 13.2 Å². The molecule has 110 valence electrons. The maximum Gasteiger partial charge on any atom is 0.510 e. The van der Waals surface area contributed by atoms with Gasteiger partial charge in [0.2, 0.25) is 0 Å². The van der Waals surface area contributed by atoms with Crippen LogP contribution in [0.2, 0.25) is 0 Å². The highest BCUT2D eigenvalue weighted by molar-refractivity contribution is 5.61. The Morgan fingerprint density at radius 3 is 1.53 bits per heavy atom. The highest BCUT2D eigenvalue weighted by Gasteiger charge is 2.36. The average molecular weight is 282 g/mol. The zero-order valence-corrected chi connectivity index (χ0v) is 10.5. The van der Waals surface area contributed by atoms with Crippen LogP contribution >= 0.6 is 0 Å². The van der Waals surface area contributed by atoms with Gasteiger partial charge in [-0.2, -0.15) is 0 Å². The lowest BCUT2D eigenvalue weighted by atomic mass is 10.3. The van der Waals surface area contributed by atoms with E-state index in [2.05, 4.69) is 28.4 Å². The minimum absolute atomic E-state index is 0.842. The molecule has 0 amide bonds. The smallest absolute Gasteiger partial charge is 0.438 e. The topological polar surface area (TPSA) is 127 Å². The third kappa shape index (κ3) is 6.93. The van der Waals surface area contributed by atoms with Gasteiger partial charge in [-0.05, 0) is 0 Å². The highest BCUT2D eigenvalue weighted by atomic mass is 16.8. The van der Waals surface area contributed by atoms with Gasteiger partial charge in [-0.15, -0.1) is 0 Å². The van der Waals surface area contributed by atoms with Gasteiger partial charge in [-0.1, -0.05) is 0 Å². The summed E-state index contributed by atoms with van der Waals surface area (Å²) in [6, 6.07) is 0. The first-order chi connectivity index (χ1) is 8.86. The lowest BCUT2D eigenvalue weighted by Gasteiger charge is -2.25. The summed E-state index contributed by atoms with van der Waals surface area (Å²) in [5.74, 6) is -2.44. The number of carbonyl (C=O) groups excluding carboxylic acids is 3. The van der Waals surface area contributed by atoms with Crippen LogP contribution in [0.15, 0.2) is 0 Å². The van der Waals surface area contributed by atoms with Gasteiger partial charge in [0.1, 0.15) is 0 Å². The summed E-state index contributed by atoms with van der Waals surface area (Å²) < 4.78 is 25.6. The van der Waals surface area contributed by atoms with Crippen LogP contribution in [0.4, 0.5) is 14.4 Å². The summed E-state index contributed by atoms with van der Waals surface area (Å²) in [6.07, 6.45) is -3.54. The van der Waals surface area contributed by atoms with Gasteiger partial charge in [-0.3, -0.25) is 0 Å². The van der Waals surface area contributed by atoms with E-state index in [1.54, 1.807) is 0 Å². The fraction of sp³-hybridized carbons (Fsp3) is 0.667. The van der Waals surface area contributed by atoms with Crippen molar-refractivity contribution in [3.63, 3.8) is 0 Å². The van der Waals surface area contributed by atoms with Crippen molar-refractivity contribution in [3.8, 4) is 0 Å². The van der Waals surface area contributed by atoms with Gasteiger partial charge < -0.3 is 33.5 Å². The molecule has 0 aromatic heterocycles. The average Bonchev–Trinajstić information content (AvgIpc) is 2.42. The van der Waals surface area contributed by atoms with Crippen molar-refractivity contribution in [3.05, 3.63) is 0 Å². The second-order valence-electron chi connectivity index (χ2n) is 2.99. The standard InChI is InChI=1S/C9H14O10/c1-14-6(10)17-4-9(13,19-8(12)16-3)5-18-7(11)15-2/h13H,4-5H2,1-3H3. The molecule has 0 radical (unpaired) electrons. The van der Waals surface area contributed by atoms with E-state index < -0.39 is 37.5 Å². The zero-order valence-electron chi connectivity index (χ0n) is 10.5. The zero-order chi connectivity index (χ0) is 14.9. The maximum atomic E-state index is 10.9. The molecule has 0 saturated carbocycles. The molecule has 0 fully saturated rings. The van der Waals surface area contributed by atoms with Gasteiger partial charge in [0.05, 0.1) is 21.3 Å². The van der Waals surface area contributed by atoms with Crippen molar-refractivity contribution in [1.29, 1.82) is 0 Å². The second kappa shape index (κ2) is 7.97. The van der Waals surface area contributed by atoms with E-state index in [0.29, 0.717) is 0 Å². The molecule has 19 heavy (non-hydrogen) atoms. The van der Waals surface area contributed by atoms with Crippen LogP contribution in [-0.4, -0.2) is 63.9 Å². The van der Waals surface area contributed by atoms with Crippen LogP contribution in [0.25, 0.3) is 0 Å². The molecule has 0 aliphatic rings. The van der Waals surface area contributed by atoms with Crippen molar-refractivity contribution in [2.75, 3.05) is 34.5 Å². The molecule has 0 aliphatic carbocycles. The number of hydrogen-bond acceptors (Lipinski definition) is 10. The fourth-order valence-corrected chi connectivity index (χ4v) is 0.759. The molecule has 0 spiro atoms. The second-order valence-corrected chi connectivity index (χ2v) is 2.99. The third-order valence-corrected chi connectivity index (χ3v) is 1.60. The summed E-state index contributed by atoms with van der Waals surface area (Å²) in [5.41, 5.74) is 0. The van der Waals surface area contributed by atoms with E-state index in [9.17, 15) is 19.5 Å². The van der Waals surface area contributed by atoms with Crippen LogP contribution in [0.1, 0.15) is 0 Å². The number of methoxy groups -OCH3 is 3. The minimum Gasteiger partial charge on any atom is -0.438 e. The first-order valence-electron chi connectivity index (χ1n) is 4.77. The third-order valence-electron chi connectivity index (χ3n) is 1.60. The molecule has 0 bridgehead atoms. The van der Waals surface area contributed by atoms with Gasteiger partial charge >= 0.3 is 18.5 Å². The lowest BCUT2D eigenvalue weighted by molar-refractivity contribution is -0.221. The molecule has 0 aromatic carbocycles. The Labute approximate surface area is 108 Å². The molecule has 0 saturated heterocycles. The summed E-state index contributed by atoms with van der Waals surface area (Å²) in [6.45, 7) is -1.68. The van der Waals surface area contributed by atoms with E-state index in [0.717, 1.165) is 21.3 Å². The van der Waals surface area contributed by atoms with E-state index in [4.69, 9.17) is 0 Å². The summed E-state index contributed by atoms with van der Waals surface area (Å²) in [5, 5.41) is 9.81. The van der Waals surface area contributed by atoms with Crippen LogP contribution in [0, 0.1) is 0 Å². The molecule has 0 heterocycles. The number of carbonyl (C=O) groups is 3. The molecule has 10 heteroatoms. The number of rotatable bonds is 5. The van der Waals surface area contributed by atoms with Crippen molar-refractivity contribution < 1.29 is 47.9 Å². The monoisotopic (exact) mass is 282 g/mol. The molecule has 0 atom stereocenters. The first kappa shape index (κ1) is 16.8. The van der Waals surface area contributed by atoms with Crippen molar-refractivity contribution in [2.45, 2.75) is 5.79 Å². The number of ether oxygens (including phenoxy) is 6. The van der Waals surface area contributed by atoms with Crippen LogP contribution in [-0.2, 0) is 28.4 Å². The maximum absolute atomic E-state index is 10.9. The molecule has 0 rings (SSSR count). The quantitative estimate of drug-likeness (QED) is 0.418. The highest BCUT2D eigenvalue weighted by Crippen LogP contribution is 2.11. The van der Waals surface area contributed by atoms with Gasteiger partial charge in [0, 0.05) is 0 Å². The summed E-state index contributed by atoms with van der Waals surface area (Å²) >= 11 is 0. The molecule has 0 aromatic rings. The molecule has 0 unspecified atom stereocenters. The molecular weight excluding hydrogens is 268 g/mol. The molecule has 1 N–H and O–H groups in total. The van der Waals surface area contributed by atoms with Crippen LogP contribution < -0.4 is 0 Å². The van der Waals surface area contributed by atoms with Crippen LogP contribution in [0.3, 0.4) is 0 Å². The fourth-order valence-electron chi connectivity index (χ4n) is 0.759. The predicted molar refractivity (Wildman–Crippen MR) is 55.2 cm³/mol. The van der Waals surface area contributed by atoms with E-state index in [-0.39, 0.29) is 0 Å². The van der Waals surface area contributed by atoms with Crippen molar-refractivity contribution >= 4 is 18.5 Å². The molecule has 10 nitrogen and oxygen atoms in total.